The van der Waals surface area contributed by atoms with Crippen molar-refractivity contribution in [1.82, 2.24) is 0 Å². The second-order valence-electron chi connectivity index (χ2n) is 4.39. The fraction of sp³-hybridized carbons (Fsp3) is 0.0667. The van der Waals surface area contributed by atoms with Gasteiger partial charge in [0.2, 0.25) is 5.91 Å². The first-order chi connectivity index (χ1) is 9.94. The topological polar surface area (TPSA) is 66.4 Å². The van der Waals surface area contributed by atoms with Gasteiger partial charge >= 0.3 is 5.97 Å². The fourth-order valence-electron chi connectivity index (χ4n) is 1.78. The molecule has 6 heteroatoms. The molecule has 2 N–H and O–H groups in total. The molecule has 0 radical (unpaired) electrons. The second kappa shape index (κ2) is 6.74. The summed E-state index contributed by atoms with van der Waals surface area (Å²) in [5.74, 6) is -1.28. The zero-order chi connectivity index (χ0) is 15.4. The minimum atomic E-state index is -1.05. The Labute approximate surface area is 134 Å². The van der Waals surface area contributed by atoms with E-state index in [1.807, 2.05) is 0 Å². The van der Waals surface area contributed by atoms with Crippen LogP contribution < -0.4 is 5.32 Å². The smallest absolute Gasteiger partial charge is 0.335 e. The Morgan fingerprint density at radius 2 is 1.81 bits per heavy atom. The summed E-state index contributed by atoms with van der Waals surface area (Å²) in [5.41, 5.74) is 1.36. The molecule has 4 nitrogen and oxygen atoms in total. The van der Waals surface area contributed by atoms with E-state index >= 15 is 0 Å². The lowest BCUT2D eigenvalue weighted by Gasteiger charge is -2.07. The predicted molar refractivity (Wildman–Crippen MR) is 84.9 cm³/mol. The average Bonchev–Trinajstić information content (AvgIpc) is 2.40. The summed E-state index contributed by atoms with van der Waals surface area (Å²) in [7, 11) is 0. The van der Waals surface area contributed by atoms with Crippen LogP contribution in [0.25, 0.3) is 0 Å². The molecule has 0 spiro atoms. The van der Waals surface area contributed by atoms with Crippen molar-refractivity contribution >= 4 is 45.1 Å². The molecule has 2 aromatic rings. The van der Waals surface area contributed by atoms with Crippen LogP contribution in [0.1, 0.15) is 15.9 Å². The molecule has 0 aliphatic rings. The minimum Gasteiger partial charge on any atom is -0.478 e. The molecule has 1 amide bonds. The number of hydrogen-bond donors (Lipinski definition) is 2. The molecule has 21 heavy (non-hydrogen) atoms. The van der Waals surface area contributed by atoms with Crippen molar-refractivity contribution in [3.8, 4) is 0 Å². The van der Waals surface area contributed by atoms with Gasteiger partial charge in [0.15, 0.2) is 0 Å². The molecule has 0 heterocycles. The maximum Gasteiger partial charge on any atom is 0.335 e. The molecule has 0 bridgehead atoms. The number of carbonyl (C=O) groups excluding carboxylic acids is 1. The molecule has 0 aliphatic carbocycles. The molecule has 0 saturated heterocycles. The van der Waals surface area contributed by atoms with Crippen LogP contribution in [0, 0.1) is 0 Å². The monoisotopic (exact) mass is 367 g/mol. The van der Waals surface area contributed by atoms with E-state index in [2.05, 4.69) is 21.2 Å². The zero-order valence-electron chi connectivity index (χ0n) is 10.8. The standard InChI is InChI=1S/C15H11BrClNO3/c16-11-6-10(15(20)21)7-13(8-11)18-14(19)5-9-1-3-12(17)4-2-9/h1-4,6-8H,5H2,(H,18,19)(H,20,21). The Balaban J connectivity index is 2.09. The lowest BCUT2D eigenvalue weighted by atomic mass is 10.1. The normalized spacial score (nSPS) is 10.2. The third-order valence-corrected chi connectivity index (χ3v) is 3.42. The molecular formula is C15H11BrClNO3. The van der Waals surface area contributed by atoms with Crippen LogP contribution in [0.5, 0.6) is 0 Å². The molecular weight excluding hydrogens is 358 g/mol. The van der Waals surface area contributed by atoms with Gasteiger partial charge in [0.25, 0.3) is 0 Å². The second-order valence-corrected chi connectivity index (χ2v) is 5.74. The fourth-order valence-corrected chi connectivity index (χ4v) is 2.40. The van der Waals surface area contributed by atoms with Crippen molar-refractivity contribution in [1.29, 1.82) is 0 Å². The number of nitrogens with one attached hydrogen (secondary N) is 1. The van der Waals surface area contributed by atoms with E-state index in [4.69, 9.17) is 16.7 Å². The Bertz CT molecular complexity index is 686. The van der Waals surface area contributed by atoms with E-state index in [1.54, 1.807) is 30.3 Å². The van der Waals surface area contributed by atoms with E-state index in [0.29, 0.717) is 15.2 Å². The maximum absolute atomic E-state index is 12.0. The number of carboxylic acids is 1. The van der Waals surface area contributed by atoms with Crippen molar-refractivity contribution < 1.29 is 14.7 Å². The highest BCUT2D eigenvalue weighted by atomic mass is 79.9. The van der Waals surface area contributed by atoms with Gasteiger partial charge in [0.1, 0.15) is 0 Å². The van der Waals surface area contributed by atoms with E-state index < -0.39 is 5.97 Å². The van der Waals surface area contributed by atoms with Crippen LogP contribution in [0.2, 0.25) is 5.02 Å². The molecule has 0 atom stereocenters. The Morgan fingerprint density at radius 3 is 2.43 bits per heavy atom. The number of rotatable bonds is 4. The number of halogens is 2. The van der Waals surface area contributed by atoms with Gasteiger partial charge in [0, 0.05) is 15.2 Å². The first-order valence-electron chi connectivity index (χ1n) is 6.02. The van der Waals surface area contributed by atoms with Crippen molar-refractivity contribution in [2.75, 3.05) is 5.32 Å². The Morgan fingerprint density at radius 1 is 1.14 bits per heavy atom. The number of aromatic carboxylic acids is 1. The largest absolute Gasteiger partial charge is 0.478 e. The van der Waals surface area contributed by atoms with Crippen LogP contribution in [-0.4, -0.2) is 17.0 Å². The third kappa shape index (κ3) is 4.58. The lowest BCUT2D eigenvalue weighted by molar-refractivity contribution is -0.115. The van der Waals surface area contributed by atoms with E-state index in [-0.39, 0.29) is 17.9 Å². The number of amides is 1. The molecule has 0 aliphatic heterocycles. The first-order valence-corrected chi connectivity index (χ1v) is 7.19. The molecule has 108 valence electrons. The summed E-state index contributed by atoms with van der Waals surface area (Å²) < 4.78 is 0.587. The van der Waals surface area contributed by atoms with Crippen LogP contribution in [0.15, 0.2) is 46.9 Å². The van der Waals surface area contributed by atoms with Crippen molar-refractivity contribution in [2.45, 2.75) is 6.42 Å². The lowest BCUT2D eigenvalue weighted by Crippen LogP contribution is -2.14. The van der Waals surface area contributed by atoms with Gasteiger partial charge in [-0.1, -0.05) is 39.7 Å². The first kappa shape index (κ1) is 15.5. The number of carbonyl (C=O) groups is 2. The van der Waals surface area contributed by atoms with E-state index in [1.165, 1.54) is 12.1 Å². The SMILES string of the molecule is O=C(Cc1ccc(Cl)cc1)Nc1cc(Br)cc(C(=O)O)c1. The summed E-state index contributed by atoms with van der Waals surface area (Å²) in [6, 6.07) is 11.5. The van der Waals surface area contributed by atoms with Gasteiger partial charge in [-0.05, 0) is 35.9 Å². The highest BCUT2D eigenvalue weighted by molar-refractivity contribution is 9.10. The summed E-state index contributed by atoms with van der Waals surface area (Å²) in [5, 5.41) is 12.3. The van der Waals surface area contributed by atoms with Crippen LogP contribution in [0.4, 0.5) is 5.69 Å². The van der Waals surface area contributed by atoms with Crippen LogP contribution in [-0.2, 0) is 11.2 Å². The Kier molecular flexibility index (Phi) is 4.98. The molecule has 0 saturated carbocycles. The van der Waals surface area contributed by atoms with Crippen LogP contribution in [0.3, 0.4) is 0 Å². The number of hydrogen-bond acceptors (Lipinski definition) is 2. The average molecular weight is 369 g/mol. The molecule has 0 unspecified atom stereocenters. The summed E-state index contributed by atoms with van der Waals surface area (Å²) >= 11 is 9.00. The van der Waals surface area contributed by atoms with Gasteiger partial charge in [-0.2, -0.15) is 0 Å². The number of anilines is 1. The van der Waals surface area contributed by atoms with Crippen molar-refractivity contribution in [3.05, 3.63) is 63.1 Å². The van der Waals surface area contributed by atoms with Gasteiger partial charge in [-0.25, -0.2) is 4.79 Å². The van der Waals surface area contributed by atoms with Gasteiger partial charge in [-0.15, -0.1) is 0 Å². The van der Waals surface area contributed by atoms with Crippen molar-refractivity contribution in [3.63, 3.8) is 0 Å². The van der Waals surface area contributed by atoms with Gasteiger partial charge in [-0.3, -0.25) is 4.79 Å². The van der Waals surface area contributed by atoms with Gasteiger partial charge in [0.05, 0.1) is 12.0 Å². The molecule has 0 aromatic heterocycles. The molecule has 0 fully saturated rings. The summed E-state index contributed by atoms with van der Waals surface area (Å²) in [6.45, 7) is 0. The number of carboxylic acid groups (broad SMARTS) is 1. The van der Waals surface area contributed by atoms with E-state index in [9.17, 15) is 9.59 Å². The zero-order valence-corrected chi connectivity index (χ0v) is 13.1. The number of benzene rings is 2. The Hall–Kier alpha value is -1.85. The predicted octanol–water partition coefficient (Wildman–Crippen LogP) is 3.98. The molecule has 2 aromatic carbocycles. The summed E-state index contributed by atoms with van der Waals surface area (Å²) in [4.78, 5) is 22.9. The van der Waals surface area contributed by atoms with E-state index in [0.717, 1.165) is 5.56 Å². The molecule has 2 rings (SSSR count). The third-order valence-electron chi connectivity index (χ3n) is 2.71. The van der Waals surface area contributed by atoms with Crippen LogP contribution >= 0.6 is 27.5 Å². The minimum absolute atomic E-state index is 0.103. The highest BCUT2D eigenvalue weighted by Crippen LogP contribution is 2.20. The quantitative estimate of drug-likeness (QED) is 0.858. The highest BCUT2D eigenvalue weighted by Gasteiger charge is 2.09. The maximum atomic E-state index is 12.0. The van der Waals surface area contributed by atoms with Gasteiger partial charge < -0.3 is 10.4 Å². The van der Waals surface area contributed by atoms with Crippen molar-refractivity contribution in [2.24, 2.45) is 0 Å². The summed E-state index contributed by atoms with van der Waals surface area (Å²) in [6.07, 6.45) is 0.187.